The molecular formula is C24H21ClF4N4O4S. The summed E-state index contributed by atoms with van der Waals surface area (Å²) in [6.45, 7) is -0.896. The summed E-state index contributed by atoms with van der Waals surface area (Å²) in [5, 5.41) is 6.62. The number of esters is 2. The Labute approximate surface area is 224 Å². The summed E-state index contributed by atoms with van der Waals surface area (Å²) in [6, 6.07) is 5.78. The zero-order chi connectivity index (χ0) is 26.3. The van der Waals surface area contributed by atoms with Gasteiger partial charge in [-0.15, -0.1) is 12.4 Å². The van der Waals surface area contributed by atoms with Crippen molar-refractivity contribution in [2.24, 2.45) is 23.5 Å². The Balaban J connectivity index is 0.00000336. The van der Waals surface area contributed by atoms with E-state index < -0.39 is 65.8 Å². The predicted molar refractivity (Wildman–Crippen MR) is 128 cm³/mol. The first-order valence-electron chi connectivity index (χ1n) is 11.2. The molecule has 0 bridgehead atoms. The summed E-state index contributed by atoms with van der Waals surface area (Å²) < 4.78 is 64.8. The molecule has 2 saturated carbocycles. The number of nitrogens with one attached hydrogen (secondary N) is 1. The summed E-state index contributed by atoms with van der Waals surface area (Å²) >= 11 is 1.26. The van der Waals surface area contributed by atoms with Crippen molar-refractivity contribution in [1.29, 1.82) is 0 Å². The third-order valence-electron chi connectivity index (χ3n) is 6.71. The summed E-state index contributed by atoms with van der Waals surface area (Å²) in [4.78, 5) is 30.1. The molecule has 3 aromatic rings. The average Bonchev–Trinajstić information content (AvgIpc) is 3.27. The SMILES string of the molecule is Cl.N[C@@]1(C(=O)OCc2ccc(F)cc2F)C[C@H](Sc2ncn[nH]2)[C@H]2[C@H](C(=O)OCc3ccc(F)cc3F)[C@H]21. The fourth-order valence-electron chi connectivity index (χ4n) is 4.90. The average molecular weight is 573 g/mol. The van der Waals surface area contributed by atoms with Gasteiger partial charge in [0, 0.05) is 34.4 Å². The number of halogens is 5. The van der Waals surface area contributed by atoms with Crippen LogP contribution in [-0.4, -0.2) is 37.9 Å². The van der Waals surface area contributed by atoms with Crippen LogP contribution in [0.3, 0.4) is 0 Å². The number of thioether (sulfide) groups is 1. The van der Waals surface area contributed by atoms with E-state index in [9.17, 15) is 27.2 Å². The lowest BCUT2D eigenvalue weighted by molar-refractivity contribution is -0.153. The fraction of sp³-hybridized carbons (Fsp3) is 0.333. The lowest BCUT2D eigenvalue weighted by atomic mass is 9.91. The van der Waals surface area contributed by atoms with E-state index in [0.29, 0.717) is 17.3 Å². The van der Waals surface area contributed by atoms with Gasteiger partial charge in [-0.2, -0.15) is 5.10 Å². The van der Waals surface area contributed by atoms with Crippen molar-refractivity contribution in [1.82, 2.24) is 15.2 Å². The van der Waals surface area contributed by atoms with E-state index >= 15 is 0 Å². The van der Waals surface area contributed by atoms with Gasteiger partial charge in [-0.3, -0.25) is 14.7 Å². The monoisotopic (exact) mass is 572 g/mol. The first kappa shape index (κ1) is 27.9. The van der Waals surface area contributed by atoms with Crippen molar-refractivity contribution < 1.29 is 36.6 Å². The minimum atomic E-state index is -1.59. The summed E-state index contributed by atoms with van der Waals surface area (Å²) in [6.07, 6.45) is 1.45. The Kier molecular flexibility index (Phi) is 8.00. The third-order valence-corrected chi connectivity index (χ3v) is 7.91. The number of hydrogen-bond donors (Lipinski definition) is 2. The van der Waals surface area contributed by atoms with Crippen LogP contribution < -0.4 is 5.73 Å². The van der Waals surface area contributed by atoms with Crippen molar-refractivity contribution in [3.8, 4) is 0 Å². The molecule has 0 aliphatic heterocycles. The van der Waals surface area contributed by atoms with E-state index in [1.54, 1.807) is 0 Å². The Morgan fingerprint density at radius 2 is 1.63 bits per heavy atom. The molecule has 38 heavy (non-hydrogen) atoms. The van der Waals surface area contributed by atoms with Crippen LogP contribution in [0, 0.1) is 41.0 Å². The van der Waals surface area contributed by atoms with Gasteiger partial charge in [-0.05, 0) is 36.6 Å². The molecule has 0 radical (unpaired) electrons. The topological polar surface area (TPSA) is 120 Å². The van der Waals surface area contributed by atoms with Gasteiger partial charge >= 0.3 is 11.9 Å². The zero-order valence-electron chi connectivity index (χ0n) is 19.4. The third kappa shape index (κ3) is 5.36. The number of nitrogens with two attached hydrogens (primary N) is 1. The van der Waals surface area contributed by atoms with Gasteiger partial charge in [0.25, 0.3) is 0 Å². The standard InChI is InChI=1S/C24H20F4N4O4S.ClH/c25-13-3-1-11(15(27)5-13)8-35-21(33)19-18-17(37-23-30-10-31-32-23)7-24(29,20(18)19)22(34)36-9-12-2-4-14(26)6-16(12)28;/h1-6,10,17-20H,7-9,29H2,(H,30,31,32);1H/t17-,18-,19-,20-,24-;/m0./s1. The molecule has 1 heterocycles. The lowest BCUT2D eigenvalue weighted by Gasteiger charge is -2.27. The molecule has 0 spiro atoms. The largest absolute Gasteiger partial charge is 0.460 e. The van der Waals surface area contributed by atoms with Gasteiger partial charge in [0.15, 0.2) is 5.16 Å². The Morgan fingerprint density at radius 3 is 2.18 bits per heavy atom. The van der Waals surface area contributed by atoms with Crippen LogP contribution in [-0.2, 0) is 32.3 Å². The minimum Gasteiger partial charge on any atom is -0.460 e. The molecule has 8 nitrogen and oxygen atoms in total. The number of carbonyl (C=O) groups is 2. The number of carbonyl (C=O) groups excluding carboxylic acids is 2. The molecule has 2 aromatic carbocycles. The molecule has 14 heteroatoms. The maximum Gasteiger partial charge on any atom is 0.326 e. The van der Waals surface area contributed by atoms with Crippen LogP contribution in [0.25, 0.3) is 0 Å². The van der Waals surface area contributed by atoms with E-state index in [4.69, 9.17) is 15.2 Å². The van der Waals surface area contributed by atoms with E-state index in [0.717, 1.165) is 18.2 Å². The quantitative estimate of drug-likeness (QED) is 0.310. The van der Waals surface area contributed by atoms with E-state index in [1.807, 2.05) is 0 Å². The van der Waals surface area contributed by atoms with Crippen molar-refractivity contribution in [2.75, 3.05) is 0 Å². The molecule has 5 rings (SSSR count). The second kappa shape index (κ2) is 10.9. The maximum absolute atomic E-state index is 14.0. The van der Waals surface area contributed by atoms with E-state index in [1.165, 1.54) is 24.2 Å². The molecule has 2 aliphatic carbocycles. The summed E-state index contributed by atoms with van der Waals surface area (Å²) in [5.41, 5.74) is 4.88. The number of ether oxygens (including phenoxy) is 2. The molecule has 2 fully saturated rings. The molecular weight excluding hydrogens is 552 g/mol. The number of rotatable bonds is 8. The zero-order valence-corrected chi connectivity index (χ0v) is 21.0. The molecule has 2 aliphatic rings. The first-order chi connectivity index (χ1) is 17.7. The highest BCUT2D eigenvalue weighted by Gasteiger charge is 2.74. The van der Waals surface area contributed by atoms with Crippen LogP contribution in [0.1, 0.15) is 17.5 Å². The maximum atomic E-state index is 14.0. The number of aromatic amines is 1. The highest BCUT2D eigenvalue weighted by atomic mass is 35.5. The minimum absolute atomic E-state index is 0. The first-order valence-corrected chi connectivity index (χ1v) is 12.1. The molecule has 1 aromatic heterocycles. The lowest BCUT2D eigenvalue weighted by Crippen LogP contribution is -2.51. The van der Waals surface area contributed by atoms with Crippen LogP contribution in [0.4, 0.5) is 17.6 Å². The molecule has 3 N–H and O–H groups in total. The van der Waals surface area contributed by atoms with Crippen LogP contribution in [0.5, 0.6) is 0 Å². The normalized spacial score (nSPS) is 25.3. The number of aromatic nitrogens is 3. The Bertz CT molecular complexity index is 1350. The second-order valence-electron chi connectivity index (χ2n) is 8.98. The fourth-order valence-corrected chi connectivity index (χ4v) is 6.26. The molecule has 0 unspecified atom stereocenters. The highest BCUT2D eigenvalue weighted by molar-refractivity contribution is 7.99. The van der Waals surface area contributed by atoms with Crippen molar-refractivity contribution in [3.05, 3.63) is 77.1 Å². The number of fused-ring (bicyclic) bond motifs is 1. The van der Waals surface area contributed by atoms with Gasteiger partial charge < -0.3 is 15.2 Å². The van der Waals surface area contributed by atoms with Crippen LogP contribution in [0.2, 0.25) is 0 Å². The molecule has 0 amide bonds. The number of nitrogens with zero attached hydrogens (tertiary/aromatic N) is 2. The van der Waals surface area contributed by atoms with Gasteiger partial charge in [-0.1, -0.05) is 11.8 Å². The summed E-state index contributed by atoms with van der Waals surface area (Å²) in [5.74, 6) is -6.59. The van der Waals surface area contributed by atoms with Crippen molar-refractivity contribution in [3.63, 3.8) is 0 Å². The second-order valence-corrected chi connectivity index (χ2v) is 10.2. The Hall–Kier alpha value is -3.16. The molecule has 202 valence electrons. The summed E-state index contributed by atoms with van der Waals surface area (Å²) in [7, 11) is 0. The van der Waals surface area contributed by atoms with Crippen LogP contribution >= 0.6 is 24.2 Å². The van der Waals surface area contributed by atoms with Gasteiger partial charge in [0.05, 0.1) is 5.92 Å². The van der Waals surface area contributed by atoms with Gasteiger partial charge in [0.2, 0.25) is 0 Å². The van der Waals surface area contributed by atoms with Gasteiger partial charge in [-0.25, -0.2) is 22.5 Å². The van der Waals surface area contributed by atoms with Crippen LogP contribution in [0.15, 0.2) is 47.9 Å². The predicted octanol–water partition coefficient (Wildman–Crippen LogP) is 3.69. The van der Waals surface area contributed by atoms with E-state index in [2.05, 4.69) is 15.2 Å². The number of H-pyrrole nitrogens is 1. The highest BCUT2D eigenvalue weighted by Crippen LogP contribution is 2.65. The molecule has 0 saturated heterocycles. The molecule has 5 atom stereocenters. The van der Waals surface area contributed by atoms with Crippen molar-refractivity contribution in [2.45, 2.75) is 35.6 Å². The Morgan fingerprint density at radius 1 is 1.03 bits per heavy atom. The van der Waals surface area contributed by atoms with Gasteiger partial charge in [0.1, 0.15) is 48.3 Å². The smallest absolute Gasteiger partial charge is 0.326 e. The van der Waals surface area contributed by atoms with E-state index in [-0.39, 0.29) is 41.1 Å². The van der Waals surface area contributed by atoms with Crippen molar-refractivity contribution >= 4 is 36.1 Å². The number of hydrogen-bond acceptors (Lipinski definition) is 8. The number of benzene rings is 2.